The van der Waals surface area contributed by atoms with E-state index >= 15 is 0 Å². The number of para-hydroxylation sites is 1. The summed E-state index contributed by atoms with van der Waals surface area (Å²) in [5.41, 5.74) is 1.30. The first-order valence-electron chi connectivity index (χ1n) is 7.51. The van der Waals surface area contributed by atoms with Crippen LogP contribution in [0.4, 0.5) is 0 Å². The summed E-state index contributed by atoms with van der Waals surface area (Å²) in [7, 11) is 1.77. The van der Waals surface area contributed by atoms with Crippen LogP contribution < -0.4 is 15.4 Å². The smallest absolute Gasteiger partial charge is 0.191 e. The number of guanidine groups is 1. The van der Waals surface area contributed by atoms with E-state index in [1.165, 1.54) is 0 Å². The highest BCUT2D eigenvalue weighted by Crippen LogP contribution is 2.25. The molecule has 1 fully saturated rings. The van der Waals surface area contributed by atoms with Gasteiger partial charge < -0.3 is 20.1 Å². The molecule has 0 aromatic heterocycles. The molecule has 2 rings (SSSR count). The number of rotatable bonds is 7. The minimum Gasteiger partial charge on any atom is -0.489 e. The van der Waals surface area contributed by atoms with E-state index in [1.54, 1.807) is 13.1 Å². The van der Waals surface area contributed by atoms with Gasteiger partial charge in [0.05, 0.1) is 13.2 Å². The van der Waals surface area contributed by atoms with E-state index in [1.807, 2.05) is 24.3 Å². The third-order valence-corrected chi connectivity index (χ3v) is 3.58. The molecule has 1 aromatic rings. The van der Waals surface area contributed by atoms with Gasteiger partial charge in [-0.25, -0.2) is 0 Å². The Labute approximate surface area is 132 Å². The van der Waals surface area contributed by atoms with Crippen molar-refractivity contribution in [1.29, 1.82) is 0 Å². The van der Waals surface area contributed by atoms with Crippen molar-refractivity contribution < 1.29 is 9.47 Å². The number of aliphatic imine (C=N–C) groups is 1. The molecule has 0 saturated carbocycles. The summed E-state index contributed by atoms with van der Waals surface area (Å²) < 4.78 is 10.9. The van der Waals surface area contributed by atoms with Crippen molar-refractivity contribution in [2.45, 2.75) is 13.5 Å². The number of hydrogen-bond donors (Lipinski definition) is 2. The number of nitrogens with one attached hydrogen (secondary N) is 2. The summed E-state index contributed by atoms with van der Waals surface area (Å²) >= 11 is 0. The van der Waals surface area contributed by atoms with Crippen LogP contribution in [0.1, 0.15) is 12.5 Å². The molecule has 1 aliphatic heterocycles. The fourth-order valence-corrected chi connectivity index (χ4v) is 2.19. The number of benzene rings is 1. The molecule has 5 nitrogen and oxygen atoms in total. The van der Waals surface area contributed by atoms with E-state index in [9.17, 15) is 0 Å². The van der Waals surface area contributed by atoms with Crippen molar-refractivity contribution in [2.75, 3.05) is 33.4 Å². The molecule has 1 aromatic carbocycles. The second kappa shape index (κ2) is 7.84. The van der Waals surface area contributed by atoms with Gasteiger partial charge in [0.15, 0.2) is 5.96 Å². The Hall–Kier alpha value is -2.01. The fraction of sp³-hybridized carbons (Fsp3) is 0.471. The van der Waals surface area contributed by atoms with E-state index < -0.39 is 0 Å². The maximum Gasteiger partial charge on any atom is 0.191 e. The van der Waals surface area contributed by atoms with Gasteiger partial charge in [-0.1, -0.05) is 37.8 Å². The number of hydrogen-bond acceptors (Lipinski definition) is 3. The predicted molar refractivity (Wildman–Crippen MR) is 89.3 cm³/mol. The van der Waals surface area contributed by atoms with Gasteiger partial charge in [0.25, 0.3) is 0 Å². The van der Waals surface area contributed by atoms with E-state index in [0.717, 1.165) is 37.0 Å². The molecular formula is C17H25N3O2. The van der Waals surface area contributed by atoms with Crippen molar-refractivity contribution in [1.82, 2.24) is 10.6 Å². The molecule has 5 heteroatoms. The molecule has 0 radical (unpaired) electrons. The molecule has 22 heavy (non-hydrogen) atoms. The largest absolute Gasteiger partial charge is 0.489 e. The SMILES string of the molecule is C=CCOc1ccccc1CNC(=NC)NCC1(C)COC1. The van der Waals surface area contributed by atoms with Gasteiger partial charge in [-0.15, -0.1) is 0 Å². The van der Waals surface area contributed by atoms with E-state index in [4.69, 9.17) is 9.47 Å². The standard InChI is InChI=1S/C17H25N3O2/c1-4-9-22-15-8-6-5-7-14(15)10-19-16(18-3)20-11-17(2)12-21-13-17/h4-8H,1,9-13H2,2-3H3,(H2,18,19,20). The summed E-state index contributed by atoms with van der Waals surface area (Å²) in [6.07, 6.45) is 1.74. The minimum atomic E-state index is 0.211. The van der Waals surface area contributed by atoms with Crippen LogP contribution in [0.3, 0.4) is 0 Å². The van der Waals surface area contributed by atoms with E-state index in [-0.39, 0.29) is 5.41 Å². The van der Waals surface area contributed by atoms with E-state index in [2.05, 4.69) is 29.1 Å². The predicted octanol–water partition coefficient (Wildman–Crippen LogP) is 1.95. The molecule has 0 unspecified atom stereocenters. The maximum absolute atomic E-state index is 5.66. The van der Waals surface area contributed by atoms with Crippen molar-refractivity contribution in [3.63, 3.8) is 0 Å². The Morgan fingerprint density at radius 3 is 2.82 bits per heavy atom. The highest BCUT2D eigenvalue weighted by atomic mass is 16.5. The molecule has 2 N–H and O–H groups in total. The molecule has 120 valence electrons. The van der Waals surface area contributed by atoms with Crippen LogP contribution in [0, 0.1) is 5.41 Å². The van der Waals surface area contributed by atoms with Gasteiger partial charge in [-0.3, -0.25) is 4.99 Å². The van der Waals surface area contributed by atoms with Gasteiger partial charge in [-0.05, 0) is 6.07 Å². The Balaban J connectivity index is 1.86. The Bertz CT molecular complexity index is 524. The van der Waals surface area contributed by atoms with Crippen LogP contribution in [0.5, 0.6) is 5.75 Å². The first-order chi connectivity index (χ1) is 10.7. The summed E-state index contributed by atoms with van der Waals surface area (Å²) in [6.45, 7) is 9.48. The second-order valence-electron chi connectivity index (χ2n) is 5.79. The molecule has 0 spiro atoms. The third-order valence-electron chi connectivity index (χ3n) is 3.58. The monoisotopic (exact) mass is 303 g/mol. The van der Waals surface area contributed by atoms with Gasteiger partial charge in [0.1, 0.15) is 12.4 Å². The zero-order chi connectivity index (χ0) is 15.8. The summed E-state index contributed by atoms with van der Waals surface area (Å²) in [5, 5.41) is 6.66. The van der Waals surface area contributed by atoms with Crippen LogP contribution in [0.2, 0.25) is 0 Å². The fourth-order valence-electron chi connectivity index (χ4n) is 2.19. The lowest BCUT2D eigenvalue weighted by Gasteiger charge is -2.38. The van der Waals surface area contributed by atoms with Gasteiger partial charge >= 0.3 is 0 Å². The quantitative estimate of drug-likeness (QED) is 0.459. The molecule has 0 amide bonds. The zero-order valence-corrected chi connectivity index (χ0v) is 13.4. The Kier molecular flexibility index (Phi) is 5.83. The Morgan fingerprint density at radius 1 is 1.41 bits per heavy atom. The minimum absolute atomic E-state index is 0.211. The molecular weight excluding hydrogens is 278 g/mol. The topological polar surface area (TPSA) is 54.9 Å². The summed E-state index contributed by atoms with van der Waals surface area (Å²) in [4.78, 5) is 4.25. The highest BCUT2D eigenvalue weighted by Gasteiger charge is 2.33. The summed E-state index contributed by atoms with van der Waals surface area (Å²) in [6, 6.07) is 7.97. The van der Waals surface area contributed by atoms with E-state index in [0.29, 0.717) is 13.2 Å². The van der Waals surface area contributed by atoms with Crippen LogP contribution in [-0.2, 0) is 11.3 Å². The maximum atomic E-state index is 5.66. The first kappa shape index (κ1) is 16.4. The second-order valence-corrected chi connectivity index (χ2v) is 5.79. The van der Waals surface area contributed by atoms with Crippen LogP contribution in [0.25, 0.3) is 0 Å². The van der Waals surface area contributed by atoms with Crippen LogP contribution >= 0.6 is 0 Å². The summed E-state index contributed by atoms with van der Waals surface area (Å²) in [5.74, 6) is 1.65. The lowest BCUT2D eigenvalue weighted by molar-refractivity contribution is -0.0971. The average molecular weight is 303 g/mol. The lowest BCUT2D eigenvalue weighted by atomic mass is 9.89. The van der Waals surface area contributed by atoms with Gasteiger partial charge in [0.2, 0.25) is 0 Å². The number of ether oxygens (including phenoxy) is 2. The highest BCUT2D eigenvalue weighted by molar-refractivity contribution is 5.79. The van der Waals surface area contributed by atoms with Crippen molar-refractivity contribution in [3.05, 3.63) is 42.5 Å². The van der Waals surface area contributed by atoms with Crippen molar-refractivity contribution >= 4 is 5.96 Å². The van der Waals surface area contributed by atoms with Crippen LogP contribution in [-0.4, -0.2) is 39.4 Å². The zero-order valence-electron chi connectivity index (χ0n) is 13.4. The van der Waals surface area contributed by atoms with Crippen molar-refractivity contribution in [3.8, 4) is 5.75 Å². The molecule has 1 saturated heterocycles. The molecule has 0 bridgehead atoms. The van der Waals surface area contributed by atoms with Crippen molar-refractivity contribution in [2.24, 2.45) is 10.4 Å². The van der Waals surface area contributed by atoms with Gasteiger partial charge in [0, 0.05) is 31.1 Å². The van der Waals surface area contributed by atoms with Gasteiger partial charge in [-0.2, -0.15) is 0 Å². The third kappa shape index (κ3) is 4.49. The first-order valence-corrected chi connectivity index (χ1v) is 7.51. The van der Waals surface area contributed by atoms with Crippen LogP contribution in [0.15, 0.2) is 41.9 Å². The Morgan fingerprint density at radius 2 is 2.18 bits per heavy atom. The molecule has 1 heterocycles. The normalized spacial score (nSPS) is 16.5. The average Bonchev–Trinajstić information content (AvgIpc) is 2.52. The molecule has 0 atom stereocenters. The molecule has 0 aliphatic carbocycles. The molecule has 1 aliphatic rings. The number of nitrogens with zero attached hydrogens (tertiary/aromatic N) is 1. The lowest BCUT2D eigenvalue weighted by Crippen LogP contribution is -2.50.